The average Bonchev–Trinajstić information content (AvgIpc) is 2.24. The summed E-state index contributed by atoms with van der Waals surface area (Å²) < 4.78 is 5.30. The van der Waals surface area contributed by atoms with E-state index >= 15 is 0 Å². The summed E-state index contributed by atoms with van der Waals surface area (Å²) in [6.07, 6.45) is 0. The summed E-state index contributed by atoms with van der Waals surface area (Å²) in [5, 5.41) is 0.641. The number of ether oxygens (including phenoxy) is 1. The molecule has 0 spiro atoms. The second kappa shape index (κ2) is 5.63. The van der Waals surface area contributed by atoms with E-state index in [2.05, 4.69) is 15.0 Å². The standard InChI is InChI=1S/C9H2Cl5N3O/c10-3-1-5(12)6(2-4(3)11)18-9-16-7(13)15-8(14)17-9/h1-2H. The molecule has 0 amide bonds. The summed E-state index contributed by atoms with van der Waals surface area (Å²) in [6, 6.07) is 2.77. The van der Waals surface area contributed by atoms with Crippen molar-refractivity contribution in [1.82, 2.24) is 15.0 Å². The van der Waals surface area contributed by atoms with Crippen LogP contribution in [0.5, 0.6) is 11.8 Å². The fourth-order valence-electron chi connectivity index (χ4n) is 1.04. The van der Waals surface area contributed by atoms with Crippen LogP contribution in [0.1, 0.15) is 0 Å². The van der Waals surface area contributed by atoms with E-state index in [-0.39, 0.29) is 32.4 Å². The maximum atomic E-state index is 5.93. The molecular formula is C9H2Cl5N3O. The summed E-state index contributed by atoms with van der Waals surface area (Å²) in [4.78, 5) is 11.0. The Morgan fingerprint density at radius 3 is 1.89 bits per heavy atom. The molecule has 1 aromatic carbocycles. The van der Waals surface area contributed by atoms with E-state index in [4.69, 9.17) is 62.7 Å². The minimum absolute atomic E-state index is 0.0961. The highest BCUT2D eigenvalue weighted by Crippen LogP contribution is 2.35. The van der Waals surface area contributed by atoms with Crippen LogP contribution in [-0.4, -0.2) is 15.0 Å². The van der Waals surface area contributed by atoms with Crippen molar-refractivity contribution in [2.75, 3.05) is 0 Å². The lowest BCUT2D eigenvalue weighted by Crippen LogP contribution is -1.95. The number of nitrogens with zero attached hydrogens (tertiary/aromatic N) is 3. The predicted octanol–water partition coefficient (Wildman–Crippen LogP) is 4.93. The number of halogens is 5. The number of rotatable bonds is 2. The van der Waals surface area contributed by atoms with E-state index in [1.165, 1.54) is 12.1 Å². The molecule has 0 radical (unpaired) electrons. The number of benzene rings is 1. The van der Waals surface area contributed by atoms with Crippen molar-refractivity contribution in [1.29, 1.82) is 0 Å². The third kappa shape index (κ3) is 3.28. The van der Waals surface area contributed by atoms with Gasteiger partial charge in [-0.3, -0.25) is 0 Å². The lowest BCUT2D eigenvalue weighted by atomic mass is 10.3. The molecule has 94 valence electrons. The summed E-state index contributed by atoms with van der Waals surface area (Å²) in [7, 11) is 0. The van der Waals surface area contributed by atoms with Gasteiger partial charge in [-0.05, 0) is 29.3 Å². The highest BCUT2D eigenvalue weighted by molar-refractivity contribution is 6.43. The van der Waals surface area contributed by atoms with Gasteiger partial charge >= 0.3 is 6.01 Å². The SMILES string of the molecule is Clc1nc(Cl)nc(Oc2cc(Cl)c(Cl)cc2Cl)n1. The van der Waals surface area contributed by atoms with E-state index in [9.17, 15) is 0 Å². The molecule has 0 unspecified atom stereocenters. The molecular weight excluding hydrogens is 343 g/mol. The molecule has 0 aliphatic heterocycles. The summed E-state index contributed by atoms with van der Waals surface area (Å²) in [6.45, 7) is 0. The normalized spacial score (nSPS) is 10.5. The van der Waals surface area contributed by atoms with E-state index in [1.54, 1.807) is 0 Å². The predicted molar refractivity (Wildman–Crippen MR) is 71.4 cm³/mol. The molecule has 1 aromatic heterocycles. The molecule has 9 heteroatoms. The zero-order valence-electron chi connectivity index (χ0n) is 8.29. The molecule has 0 aliphatic rings. The van der Waals surface area contributed by atoms with Gasteiger partial charge < -0.3 is 4.74 Å². The van der Waals surface area contributed by atoms with Gasteiger partial charge in [-0.1, -0.05) is 34.8 Å². The second-order valence-corrected chi connectivity index (χ2v) is 4.85. The van der Waals surface area contributed by atoms with Crippen LogP contribution in [0, 0.1) is 0 Å². The molecule has 0 fully saturated rings. The molecule has 1 heterocycles. The van der Waals surface area contributed by atoms with Gasteiger partial charge in [0.15, 0.2) is 5.75 Å². The van der Waals surface area contributed by atoms with Crippen molar-refractivity contribution in [2.24, 2.45) is 0 Å². The fraction of sp³-hybridized carbons (Fsp3) is 0. The second-order valence-electron chi connectivity index (χ2n) is 2.95. The molecule has 0 saturated heterocycles. The van der Waals surface area contributed by atoms with Crippen LogP contribution in [0.15, 0.2) is 12.1 Å². The summed E-state index contributed by atoms with van der Waals surface area (Å²) >= 11 is 28.8. The molecule has 2 aromatic rings. The first kappa shape index (κ1) is 13.9. The fourth-order valence-corrected chi connectivity index (χ4v) is 1.96. The first-order chi connectivity index (χ1) is 8.45. The van der Waals surface area contributed by atoms with Crippen LogP contribution >= 0.6 is 58.0 Å². The largest absolute Gasteiger partial charge is 0.423 e. The Balaban J connectivity index is 2.36. The monoisotopic (exact) mass is 343 g/mol. The van der Waals surface area contributed by atoms with Crippen LogP contribution < -0.4 is 4.74 Å². The van der Waals surface area contributed by atoms with E-state index in [0.29, 0.717) is 5.02 Å². The molecule has 4 nitrogen and oxygen atoms in total. The van der Waals surface area contributed by atoms with Gasteiger partial charge in [0.1, 0.15) is 0 Å². The van der Waals surface area contributed by atoms with Gasteiger partial charge in [-0.2, -0.15) is 15.0 Å². The zero-order chi connectivity index (χ0) is 13.3. The third-order valence-electron chi connectivity index (χ3n) is 1.74. The molecule has 0 atom stereocenters. The van der Waals surface area contributed by atoms with Crippen LogP contribution in [0.2, 0.25) is 25.6 Å². The van der Waals surface area contributed by atoms with Gasteiger partial charge in [0.2, 0.25) is 10.6 Å². The van der Waals surface area contributed by atoms with Crippen LogP contribution in [0.25, 0.3) is 0 Å². The minimum Gasteiger partial charge on any atom is -0.423 e. The Morgan fingerprint density at radius 2 is 1.28 bits per heavy atom. The van der Waals surface area contributed by atoms with Crippen molar-refractivity contribution in [3.63, 3.8) is 0 Å². The Hall–Kier alpha value is -0.520. The van der Waals surface area contributed by atoms with Gasteiger partial charge in [0, 0.05) is 6.07 Å². The molecule has 0 bridgehead atoms. The zero-order valence-corrected chi connectivity index (χ0v) is 12.1. The molecule has 0 aliphatic carbocycles. The Kier molecular flexibility index (Phi) is 4.35. The maximum Gasteiger partial charge on any atom is 0.327 e. The van der Waals surface area contributed by atoms with Gasteiger partial charge in [-0.15, -0.1) is 0 Å². The number of hydrogen-bond acceptors (Lipinski definition) is 4. The van der Waals surface area contributed by atoms with E-state index < -0.39 is 0 Å². The summed E-state index contributed by atoms with van der Waals surface area (Å²) in [5.41, 5.74) is 0. The maximum absolute atomic E-state index is 5.93. The summed E-state index contributed by atoms with van der Waals surface area (Å²) in [5.74, 6) is 0.226. The lowest BCUT2D eigenvalue weighted by Gasteiger charge is -2.07. The van der Waals surface area contributed by atoms with Crippen molar-refractivity contribution in [2.45, 2.75) is 0 Å². The topological polar surface area (TPSA) is 47.9 Å². The van der Waals surface area contributed by atoms with Crippen molar-refractivity contribution in [3.8, 4) is 11.8 Å². The van der Waals surface area contributed by atoms with Gasteiger partial charge in [0.05, 0.1) is 15.1 Å². The van der Waals surface area contributed by atoms with E-state index in [1.807, 2.05) is 0 Å². The number of hydrogen-bond donors (Lipinski definition) is 0. The highest BCUT2D eigenvalue weighted by Gasteiger charge is 2.11. The van der Waals surface area contributed by atoms with Gasteiger partial charge in [-0.25, -0.2) is 0 Å². The van der Waals surface area contributed by atoms with Crippen molar-refractivity contribution < 1.29 is 4.74 Å². The average molecular weight is 345 g/mol. The van der Waals surface area contributed by atoms with Crippen LogP contribution in [0.3, 0.4) is 0 Å². The molecule has 18 heavy (non-hydrogen) atoms. The van der Waals surface area contributed by atoms with Crippen molar-refractivity contribution in [3.05, 3.63) is 37.8 Å². The molecule has 0 N–H and O–H groups in total. The Bertz CT molecular complexity index is 587. The third-order valence-corrected chi connectivity index (χ3v) is 3.09. The Morgan fingerprint density at radius 1 is 0.722 bits per heavy atom. The van der Waals surface area contributed by atoms with Crippen molar-refractivity contribution >= 4 is 58.0 Å². The molecule has 2 rings (SSSR count). The smallest absolute Gasteiger partial charge is 0.327 e. The van der Waals surface area contributed by atoms with Crippen LogP contribution in [-0.2, 0) is 0 Å². The Labute approximate surface area is 127 Å². The highest BCUT2D eigenvalue weighted by atomic mass is 35.5. The first-order valence-corrected chi connectivity index (χ1v) is 6.24. The lowest BCUT2D eigenvalue weighted by molar-refractivity contribution is 0.440. The first-order valence-electron chi connectivity index (χ1n) is 4.35. The minimum atomic E-state index is -0.0970. The van der Waals surface area contributed by atoms with Gasteiger partial charge in [0.25, 0.3) is 0 Å². The van der Waals surface area contributed by atoms with E-state index in [0.717, 1.165) is 0 Å². The van der Waals surface area contributed by atoms with Crippen LogP contribution in [0.4, 0.5) is 0 Å². The quantitative estimate of drug-likeness (QED) is 0.724. The molecule has 0 saturated carbocycles. The number of aromatic nitrogens is 3.